The van der Waals surface area contributed by atoms with E-state index >= 15 is 0 Å². The van der Waals surface area contributed by atoms with Crippen LogP contribution in [-0.2, 0) is 23.5 Å². The Morgan fingerprint density at radius 2 is 2.29 bits per heavy atom. The van der Waals surface area contributed by atoms with Crippen LogP contribution in [0.4, 0.5) is 10.7 Å². The van der Waals surface area contributed by atoms with Gasteiger partial charge in [-0.2, -0.15) is 5.10 Å². The third-order valence-corrected chi connectivity index (χ3v) is 5.51. The Morgan fingerprint density at radius 1 is 1.57 bits per heavy atom. The van der Waals surface area contributed by atoms with Crippen molar-refractivity contribution in [2.75, 3.05) is 12.3 Å². The maximum atomic E-state index is 12.0. The van der Waals surface area contributed by atoms with Gasteiger partial charge in [0.05, 0.1) is 10.6 Å². The molecule has 2 aromatic heterocycles. The number of anilines is 1. The molecule has 2 aromatic rings. The molecule has 0 amide bonds. The van der Waals surface area contributed by atoms with Crippen LogP contribution in [0.2, 0.25) is 0 Å². The third kappa shape index (κ3) is 3.56. The van der Waals surface area contributed by atoms with Crippen molar-refractivity contribution in [3.63, 3.8) is 0 Å². The molecule has 0 aliphatic heterocycles. The topological polar surface area (TPSA) is 133 Å². The number of nitrogens with zero attached hydrogens (tertiary/aromatic N) is 3. The van der Waals surface area contributed by atoms with Crippen LogP contribution in [0, 0.1) is 10.1 Å². The smallest absolute Gasteiger partial charge is 0.304 e. The van der Waals surface area contributed by atoms with Gasteiger partial charge < -0.3 is 5.73 Å². The van der Waals surface area contributed by atoms with Crippen molar-refractivity contribution in [1.29, 1.82) is 0 Å². The molecule has 21 heavy (non-hydrogen) atoms. The molecule has 0 aliphatic rings. The van der Waals surface area contributed by atoms with Gasteiger partial charge in [0.2, 0.25) is 10.0 Å². The first kappa shape index (κ1) is 15.4. The molecule has 114 valence electrons. The van der Waals surface area contributed by atoms with Gasteiger partial charge in [-0.05, 0) is 6.07 Å². The quantitative estimate of drug-likeness (QED) is 0.584. The zero-order chi connectivity index (χ0) is 15.6. The average molecular weight is 331 g/mol. The maximum absolute atomic E-state index is 12.0. The molecule has 2 heterocycles. The highest BCUT2D eigenvalue weighted by Gasteiger charge is 2.24. The van der Waals surface area contributed by atoms with Gasteiger partial charge >= 0.3 is 5.69 Å². The highest BCUT2D eigenvalue weighted by atomic mass is 32.2. The van der Waals surface area contributed by atoms with E-state index in [9.17, 15) is 18.5 Å². The first-order valence-electron chi connectivity index (χ1n) is 5.81. The van der Waals surface area contributed by atoms with E-state index in [2.05, 4.69) is 9.82 Å². The molecule has 0 aromatic carbocycles. The Balaban J connectivity index is 2.04. The number of hydrogen-bond donors (Lipinski definition) is 2. The van der Waals surface area contributed by atoms with Crippen LogP contribution in [0.25, 0.3) is 0 Å². The summed E-state index contributed by atoms with van der Waals surface area (Å²) in [5, 5.41) is 14.7. The fraction of sp³-hybridized carbons (Fsp3) is 0.300. The van der Waals surface area contributed by atoms with Gasteiger partial charge in [-0.3, -0.25) is 14.8 Å². The molecule has 0 spiro atoms. The Hall–Kier alpha value is -1.98. The molecule has 0 bridgehead atoms. The van der Waals surface area contributed by atoms with Gasteiger partial charge in [-0.15, -0.1) is 0 Å². The molecule has 0 unspecified atom stereocenters. The summed E-state index contributed by atoms with van der Waals surface area (Å²) in [6.07, 6.45) is 2.18. The van der Waals surface area contributed by atoms with Crippen molar-refractivity contribution in [3.05, 3.63) is 34.1 Å². The number of thiophene rings is 1. The largest absolute Gasteiger partial charge is 0.385 e. The van der Waals surface area contributed by atoms with Gasteiger partial charge in [-0.1, -0.05) is 11.3 Å². The maximum Gasteiger partial charge on any atom is 0.304 e. The van der Waals surface area contributed by atoms with E-state index < -0.39 is 20.6 Å². The van der Waals surface area contributed by atoms with Gasteiger partial charge in [0.25, 0.3) is 0 Å². The number of aromatic nitrogens is 2. The van der Waals surface area contributed by atoms with Crippen LogP contribution in [0.15, 0.2) is 22.5 Å². The molecule has 0 saturated heterocycles. The van der Waals surface area contributed by atoms with E-state index in [0.29, 0.717) is 17.8 Å². The van der Waals surface area contributed by atoms with E-state index in [1.807, 2.05) is 0 Å². The second kappa shape index (κ2) is 5.79. The molecule has 2 rings (SSSR count). The number of nitrogen functional groups attached to an aromatic ring is 1. The van der Waals surface area contributed by atoms with Crippen molar-refractivity contribution in [2.45, 2.75) is 10.6 Å². The van der Waals surface area contributed by atoms with Crippen LogP contribution < -0.4 is 10.5 Å². The molecular formula is C10H13N5O4S2. The minimum atomic E-state index is -3.81. The second-order valence-corrected chi connectivity index (χ2v) is 7.28. The summed E-state index contributed by atoms with van der Waals surface area (Å²) in [6.45, 7) is 0.144. The van der Waals surface area contributed by atoms with E-state index in [-0.39, 0.29) is 15.8 Å². The summed E-state index contributed by atoms with van der Waals surface area (Å²) in [7, 11) is -2.04. The van der Waals surface area contributed by atoms with Crippen LogP contribution >= 0.6 is 11.3 Å². The van der Waals surface area contributed by atoms with Gasteiger partial charge in [0, 0.05) is 32.3 Å². The Morgan fingerprint density at radius 3 is 2.81 bits per heavy atom. The minimum absolute atomic E-state index is 0.134. The molecule has 0 fully saturated rings. The Kier molecular flexibility index (Phi) is 4.25. The lowest BCUT2D eigenvalue weighted by Gasteiger charge is -2.02. The van der Waals surface area contributed by atoms with Crippen LogP contribution in [-0.4, -0.2) is 29.7 Å². The SMILES string of the molecule is Cn1ccc(CCNS(=O)(=O)c2cc([N+](=O)[O-])c(N)s2)n1. The molecule has 0 aliphatic carbocycles. The van der Waals surface area contributed by atoms with Crippen molar-refractivity contribution < 1.29 is 13.3 Å². The zero-order valence-electron chi connectivity index (χ0n) is 11.0. The summed E-state index contributed by atoms with van der Waals surface area (Å²) in [4.78, 5) is 9.96. The summed E-state index contributed by atoms with van der Waals surface area (Å²) in [6, 6.07) is 2.74. The lowest BCUT2D eigenvalue weighted by Crippen LogP contribution is -2.25. The summed E-state index contributed by atoms with van der Waals surface area (Å²) in [5.74, 6) is 0. The van der Waals surface area contributed by atoms with Crippen molar-refractivity contribution >= 4 is 32.0 Å². The summed E-state index contributed by atoms with van der Waals surface area (Å²) in [5.41, 5.74) is 5.78. The molecule has 0 radical (unpaired) electrons. The lowest BCUT2D eigenvalue weighted by atomic mass is 10.3. The number of nitrogens with two attached hydrogens (primary N) is 1. The molecule has 0 saturated carbocycles. The number of hydrogen-bond acceptors (Lipinski definition) is 7. The molecule has 11 heteroatoms. The van der Waals surface area contributed by atoms with Gasteiger partial charge in [0.15, 0.2) is 5.00 Å². The normalized spacial score (nSPS) is 11.7. The average Bonchev–Trinajstić information content (AvgIpc) is 2.96. The third-order valence-electron chi connectivity index (χ3n) is 2.62. The van der Waals surface area contributed by atoms with Crippen LogP contribution in [0.5, 0.6) is 0 Å². The van der Waals surface area contributed by atoms with Crippen LogP contribution in [0.1, 0.15) is 5.69 Å². The number of aryl methyl sites for hydroxylation is 1. The van der Waals surface area contributed by atoms with Crippen molar-refractivity contribution in [1.82, 2.24) is 14.5 Å². The number of nitrogens with one attached hydrogen (secondary N) is 1. The van der Waals surface area contributed by atoms with E-state index in [1.165, 1.54) is 0 Å². The number of rotatable bonds is 6. The van der Waals surface area contributed by atoms with Crippen LogP contribution in [0.3, 0.4) is 0 Å². The molecule has 9 nitrogen and oxygen atoms in total. The Labute approximate surface area is 124 Å². The lowest BCUT2D eigenvalue weighted by molar-refractivity contribution is -0.383. The van der Waals surface area contributed by atoms with E-state index in [0.717, 1.165) is 11.8 Å². The van der Waals surface area contributed by atoms with E-state index in [4.69, 9.17) is 5.73 Å². The fourth-order valence-electron chi connectivity index (χ4n) is 1.63. The summed E-state index contributed by atoms with van der Waals surface area (Å²) >= 11 is 0.666. The molecule has 3 N–H and O–H groups in total. The predicted molar refractivity (Wildman–Crippen MR) is 77.5 cm³/mol. The minimum Gasteiger partial charge on any atom is -0.385 e. The molecular weight excluding hydrogens is 318 g/mol. The Bertz CT molecular complexity index is 764. The monoisotopic (exact) mass is 331 g/mol. The highest BCUT2D eigenvalue weighted by Crippen LogP contribution is 2.34. The molecule has 0 atom stereocenters. The fourth-order valence-corrected chi connectivity index (χ4v) is 3.92. The standard InChI is InChI=1S/C10H13N5O4S2/c1-14-5-3-7(13-14)2-4-12-21(18,19)9-6-8(15(16)17)10(11)20-9/h3,5-6,12H,2,4,11H2,1H3. The first-order chi connectivity index (χ1) is 9.79. The van der Waals surface area contributed by atoms with Gasteiger partial charge in [-0.25, -0.2) is 13.1 Å². The zero-order valence-corrected chi connectivity index (χ0v) is 12.6. The number of sulfonamides is 1. The second-order valence-electron chi connectivity index (χ2n) is 4.20. The van der Waals surface area contributed by atoms with E-state index in [1.54, 1.807) is 24.0 Å². The van der Waals surface area contributed by atoms with Crippen molar-refractivity contribution in [2.24, 2.45) is 7.05 Å². The predicted octanol–water partition coefficient (Wildman–Crippen LogP) is 0.493. The van der Waals surface area contributed by atoms with Crippen molar-refractivity contribution in [3.8, 4) is 0 Å². The summed E-state index contributed by atoms with van der Waals surface area (Å²) < 4.78 is 27.8. The first-order valence-corrected chi connectivity index (χ1v) is 8.11. The number of nitro groups is 1. The van der Waals surface area contributed by atoms with Gasteiger partial charge in [0.1, 0.15) is 4.21 Å². The highest BCUT2D eigenvalue weighted by molar-refractivity contribution is 7.91.